The van der Waals surface area contributed by atoms with Crippen LogP contribution in [0.25, 0.3) is 0 Å². The summed E-state index contributed by atoms with van der Waals surface area (Å²) in [4.78, 5) is 12.8. The maximum atomic E-state index is 11.7. The molecule has 1 atom stereocenters. The van der Waals surface area contributed by atoms with E-state index >= 15 is 0 Å². The lowest BCUT2D eigenvalue weighted by Gasteiger charge is -2.14. The van der Waals surface area contributed by atoms with Crippen molar-refractivity contribution >= 4 is 17.7 Å². The van der Waals surface area contributed by atoms with Gasteiger partial charge in [-0.1, -0.05) is 25.1 Å². The van der Waals surface area contributed by atoms with Crippen molar-refractivity contribution < 1.29 is 4.79 Å². The highest BCUT2D eigenvalue weighted by Crippen LogP contribution is 2.28. The van der Waals surface area contributed by atoms with Gasteiger partial charge in [-0.3, -0.25) is 4.79 Å². The third-order valence-electron chi connectivity index (χ3n) is 3.06. The van der Waals surface area contributed by atoms with Crippen molar-refractivity contribution in [3.63, 3.8) is 0 Å². The van der Waals surface area contributed by atoms with Crippen molar-refractivity contribution in [1.29, 1.82) is 0 Å². The first kappa shape index (κ1) is 13.4. The van der Waals surface area contributed by atoms with Crippen LogP contribution in [-0.4, -0.2) is 17.7 Å². The highest BCUT2D eigenvalue weighted by molar-refractivity contribution is 8.00. The predicted octanol–water partition coefficient (Wildman–Crippen LogP) is 2.47. The van der Waals surface area contributed by atoms with Crippen LogP contribution in [-0.2, 0) is 4.79 Å². The molecule has 0 radical (unpaired) electrons. The van der Waals surface area contributed by atoms with Crippen LogP contribution < -0.4 is 11.1 Å². The third-order valence-corrected chi connectivity index (χ3v) is 4.15. The first-order valence-electron chi connectivity index (χ1n) is 6.47. The molecule has 1 aromatic rings. The molecule has 2 rings (SSSR count). The van der Waals surface area contributed by atoms with E-state index in [2.05, 4.69) is 18.3 Å². The smallest absolute Gasteiger partial charge is 0.230 e. The fourth-order valence-corrected chi connectivity index (χ4v) is 2.71. The first-order valence-corrected chi connectivity index (χ1v) is 7.46. The second-order valence-electron chi connectivity index (χ2n) is 4.68. The molecular formula is C14H20N2OS. The fourth-order valence-electron chi connectivity index (χ4n) is 1.78. The van der Waals surface area contributed by atoms with Crippen LogP contribution in [0.2, 0.25) is 0 Å². The van der Waals surface area contributed by atoms with Gasteiger partial charge in [0.25, 0.3) is 0 Å². The maximum Gasteiger partial charge on any atom is 0.230 e. The average molecular weight is 264 g/mol. The summed E-state index contributed by atoms with van der Waals surface area (Å²) in [7, 11) is 0. The van der Waals surface area contributed by atoms with Gasteiger partial charge in [-0.15, -0.1) is 11.8 Å². The van der Waals surface area contributed by atoms with E-state index in [1.807, 2.05) is 18.2 Å². The Morgan fingerprint density at radius 1 is 1.50 bits per heavy atom. The van der Waals surface area contributed by atoms with Crippen molar-refractivity contribution in [3.05, 3.63) is 29.8 Å². The largest absolute Gasteiger partial charge is 0.353 e. The molecule has 0 aliphatic heterocycles. The maximum absolute atomic E-state index is 11.7. The summed E-state index contributed by atoms with van der Waals surface area (Å²) < 4.78 is 0. The minimum absolute atomic E-state index is 0.0557. The predicted molar refractivity (Wildman–Crippen MR) is 75.6 cm³/mol. The third kappa shape index (κ3) is 3.75. The molecule has 0 unspecified atom stereocenters. The number of amides is 1. The van der Waals surface area contributed by atoms with Gasteiger partial charge in [0.05, 0.1) is 5.75 Å². The molecule has 18 heavy (non-hydrogen) atoms. The molecule has 0 spiro atoms. The van der Waals surface area contributed by atoms with Gasteiger partial charge in [-0.25, -0.2) is 0 Å². The molecule has 0 aromatic heterocycles. The molecule has 3 nitrogen and oxygen atoms in total. The zero-order chi connectivity index (χ0) is 13.0. The van der Waals surface area contributed by atoms with Crippen LogP contribution in [0, 0.1) is 0 Å². The Kier molecular flexibility index (Phi) is 4.66. The molecule has 1 aromatic carbocycles. The SMILES string of the molecule is CC[C@@H](N)c1ccccc1SCC(=O)NC1CC1. The summed E-state index contributed by atoms with van der Waals surface area (Å²) in [6.07, 6.45) is 3.17. The van der Waals surface area contributed by atoms with E-state index in [-0.39, 0.29) is 11.9 Å². The van der Waals surface area contributed by atoms with Crippen molar-refractivity contribution in [1.82, 2.24) is 5.32 Å². The Hall–Kier alpha value is -1.00. The molecule has 0 bridgehead atoms. The minimum Gasteiger partial charge on any atom is -0.353 e. The lowest BCUT2D eigenvalue weighted by Crippen LogP contribution is -2.27. The zero-order valence-corrected chi connectivity index (χ0v) is 11.5. The Bertz CT molecular complexity index is 418. The van der Waals surface area contributed by atoms with Gasteiger partial charge in [0.15, 0.2) is 0 Å². The van der Waals surface area contributed by atoms with Crippen LogP contribution >= 0.6 is 11.8 Å². The normalized spacial score (nSPS) is 16.3. The number of hydrogen-bond donors (Lipinski definition) is 2. The van der Waals surface area contributed by atoms with Gasteiger partial charge in [0.1, 0.15) is 0 Å². The van der Waals surface area contributed by atoms with Crippen LogP contribution in [0.5, 0.6) is 0 Å². The van der Waals surface area contributed by atoms with E-state index in [0.29, 0.717) is 11.8 Å². The number of hydrogen-bond acceptors (Lipinski definition) is 3. The van der Waals surface area contributed by atoms with E-state index < -0.39 is 0 Å². The second-order valence-corrected chi connectivity index (χ2v) is 5.70. The number of carbonyl (C=O) groups excluding carboxylic acids is 1. The standard InChI is InChI=1S/C14H20N2OS/c1-2-12(15)11-5-3-4-6-13(11)18-9-14(17)16-10-7-8-10/h3-6,10,12H,2,7-9,15H2,1H3,(H,16,17)/t12-/m1/s1. The average Bonchev–Trinajstić information content (AvgIpc) is 3.19. The summed E-state index contributed by atoms with van der Waals surface area (Å²) in [5.41, 5.74) is 7.22. The lowest BCUT2D eigenvalue weighted by molar-refractivity contribution is -0.118. The topological polar surface area (TPSA) is 55.1 Å². The van der Waals surface area contributed by atoms with E-state index in [0.717, 1.165) is 29.7 Å². The van der Waals surface area contributed by atoms with Gasteiger partial charge in [0, 0.05) is 17.0 Å². The Labute approximate surface area is 113 Å². The monoisotopic (exact) mass is 264 g/mol. The molecule has 0 saturated heterocycles. The van der Waals surface area contributed by atoms with E-state index in [1.165, 1.54) is 0 Å². The second kappa shape index (κ2) is 6.25. The van der Waals surface area contributed by atoms with Crippen LogP contribution in [0.3, 0.4) is 0 Å². The molecule has 1 aliphatic carbocycles. The molecule has 4 heteroatoms. The Morgan fingerprint density at radius 3 is 2.89 bits per heavy atom. The van der Waals surface area contributed by atoms with Crippen molar-refractivity contribution in [2.45, 2.75) is 43.2 Å². The van der Waals surface area contributed by atoms with Gasteiger partial charge in [-0.05, 0) is 30.9 Å². The minimum atomic E-state index is 0.0557. The molecule has 1 amide bonds. The summed E-state index contributed by atoms with van der Waals surface area (Å²) in [6, 6.07) is 8.58. The molecule has 1 saturated carbocycles. The number of rotatable bonds is 6. The molecule has 3 N–H and O–H groups in total. The van der Waals surface area contributed by atoms with Crippen molar-refractivity contribution in [3.8, 4) is 0 Å². The summed E-state index contributed by atoms with van der Waals surface area (Å²) >= 11 is 1.58. The van der Waals surface area contributed by atoms with Gasteiger partial charge in [-0.2, -0.15) is 0 Å². The zero-order valence-electron chi connectivity index (χ0n) is 10.7. The number of nitrogens with two attached hydrogens (primary N) is 1. The summed E-state index contributed by atoms with van der Waals surface area (Å²) in [6.45, 7) is 2.08. The van der Waals surface area contributed by atoms with Gasteiger partial charge < -0.3 is 11.1 Å². The van der Waals surface area contributed by atoms with Crippen molar-refractivity contribution in [2.75, 3.05) is 5.75 Å². The molecule has 98 valence electrons. The van der Waals surface area contributed by atoms with Crippen LogP contribution in [0.4, 0.5) is 0 Å². The number of nitrogens with one attached hydrogen (secondary N) is 1. The van der Waals surface area contributed by atoms with E-state index in [9.17, 15) is 4.79 Å². The van der Waals surface area contributed by atoms with Crippen LogP contribution in [0.15, 0.2) is 29.2 Å². The highest BCUT2D eigenvalue weighted by Gasteiger charge is 2.23. The first-order chi connectivity index (χ1) is 8.70. The Balaban J connectivity index is 1.93. The summed E-state index contributed by atoms with van der Waals surface area (Å²) in [5.74, 6) is 0.603. The molecule has 1 aliphatic rings. The number of thioether (sulfide) groups is 1. The number of benzene rings is 1. The molecule has 1 fully saturated rings. The molecular weight excluding hydrogens is 244 g/mol. The highest BCUT2D eigenvalue weighted by atomic mass is 32.2. The Morgan fingerprint density at radius 2 is 2.22 bits per heavy atom. The van der Waals surface area contributed by atoms with E-state index in [1.54, 1.807) is 11.8 Å². The fraction of sp³-hybridized carbons (Fsp3) is 0.500. The lowest BCUT2D eigenvalue weighted by atomic mass is 10.1. The van der Waals surface area contributed by atoms with Crippen LogP contribution in [0.1, 0.15) is 37.8 Å². The van der Waals surface area contributed by atoms with Crippen molar-refractivity contribution in [2.24, 2.45) is 5.73 Å². The quantitative estimate of drug-likeness (QED) is 0.776. The number of carbonyl (C=O) groups is 1. The van der Waals surface area contributed by atoms with Gasteiger partial charge in [0.2, 0.25) is 5.91 Å². The van der Waals surface area contributed by atoms with Gasteiger partial charge >= 0.3 is 0 Å². The molecule has 0 heterocycles. The van der Waals surface area contributed by atoms with E-state index in [4.69, 9.17) is 5.73 Å². The summed E-state index contributed by atoms with van der Waals surface area (Å²) in [5, 5.41) is 3.00.